The fourth-order valence-corrected chi connectivity index (χ4v) is 3.21. The second-order valence-electron chi connectivity index (χ2n) is 6.48. The normalized spacial score (nSPS) is 15.5. The number of hydrogen-bond acceptors (Lipinski definition) is 5. The summed E-state index contributed by atoms with van der Waals surface area (Å²) in [6, 6.07) is 6.17. The van der Waals surface area contributed by atoms with Crippen molar-refractivity contribution in [3.63, 3.8) is 0 Å². The Kier molecular flexibility index (Phi) is 4.54. The molecule has 6 heteroatoms. The number of pyridine rings is 1. The first-order chi connectivity index (χ1) is 11.5. The minimum atomic E-state index is 0.525. The average molecular weight is 324 g/mol. The van der Waals surface area contributed by atoms with Crippen molar-refractivity contribution in [3.05, 3.63) is 40.3 Å². The van der Waals surface area contributed by atoms with E-state index in [1.54, 1.807) is 0 Å². The first-order valence-electron chi connectivity index (χ1n) is 8.33. The van der Waals surface area contributed by atoms with Crippen molar-refractivity contribution in [2.24, 2.45) is 7.05 Å². The molecule has 1 aliphatic rings. The van der Waals surface area contributed by atoms with Crippen LogP contribution in [-0.4, -0.2) is 45.8 Å². The minimum absolute atomic E-state index is 0.525. The Bertz CT molecular complexity index is 778. The topological polar surface area (TPSA) is 61.0 Å². The molecule has 3 heterocycles. The molecule has 0 spiro atoms. The van der Waals surface area contributed by atoms with Gasteiger partial charge >= 0.3 is 0 Å². The number of aryl methyl sites for hydroxylation is 3. The Hall–Kier alpha value is -2.39. The van der Waals surface area contributed by atoms with Gasteiger partial charge in [-0.3, -0.25) is 9.58 Å². The molecule has 0 atom stereocenters. The fourth-order valence-electron chi connectivity index (χ4n) is 3.21. The molecule has 3 rings (SSSR count). The summed E-state index contributed by atoms with van der Waals surface area (Å²) in [7, 11) is 2.00. The van der Waals surface area contributed by atoms with Crippen LogP contribution < -0.4 is 4.90 Å². The molecule has 2 aromatic heterocycles. The maximum Gasteiger partial charge on any atom is 0.145 e. The van der Waals surface area contributed by atoms with E-state index >= 15 is 0 Å². The summed E-state index contributed by atoms with van der Waals surface area (Å²) in [5.41, 5.74) is 5.16. The molecule has 0 radical (unpaired) electrons. The third kappa shape index (κ3) is 3.13. The molecule has 6 nitrogen and oxygen atoms in total. The van der Waals surface area contributed by atoms with Crippen LogP contribution in [0.3, 0.4) is 0 Å². The third-order valence-electron chi connectivity index (χ3n) is 4.93. The second kappa shape index (κ2) is 6.62. The van der Waals surface area contributed by atoms with E-state index in [1.807, 2.05) is 30.8 Å². The van der Waals surface area contributed by atoms with E-state index in [2.05, 4.69) is 39.8 Å². The van der Waals surface area contributed by atoms with Crippen LogP contribution in [0, 0.1) is 32.1 Å². The van der Waals surface area contributed by atoms with Gasteiger partial charge in [0.2, 0.25) is 0 Å². The van der Waals surface area contributed by atoms with E-state index < -0.39 is 0 Å². The summed E-state index contributed by atoms with van der Waals surface area (Å²) >= 11 is 0. The molecule has 2 aromatic rings. The van der Waals surface area contributed by atoms with Crippen LogP contribution in [0.2, 0.25) is 0 Å². The predicted molar refractivity (Wildman–Crippen MR) is 93.9 cm³/mol. The summed E-state index contributed by atoms with van der Waals surface area (Å²) < 4.78 is 1.96. The van der Waals surface area contributed by atoms with Crippen molar-refractivity contribution in [3.8, 4) is 6.07 Å². The van der Waals surface area contributed by atoms with E-state index in [0.29, 0.717) is 5.69 Å². The molecule has 0 unspecified atom stereocenters. The van der Waals surface area contributed by atoms with Crippen LogP contribution in [0.5, 0.6) is 0 Å². The van der Waals surface area contributed by atoms with Crippen molar-refractivity contribution >= 4 is 5.82 Å². The highest BCUT2D eigenvalue weighted by Crippen LogP contribution is 2.19. The van der Waals surface area contributed by atoms with Crippen molar-refractivity contribution in [1.29, 1.82) is 5.26 Å². The second-order valence-corrected chi connectivity index (χ2v) is 6.48. The molecular weight excluding hydrogens is 300 g/mol. The highest BCUT2D eigenvalue weighted by molar-refractivity contribution is 5.45. The summed E-state index contributed by atoms with van der Waals surface area (Å²) in [6.07, 6.45) is 0. The monoisotopic (exact) mass is 324 g/mol. The number of nitrogens with zero attached hydrogens (tertiary/aromatic N) is 6. The Labute approximate surface area is 143 Å². The largest absolute Gasteiger partial charge is 0.354 e. The minimum Gasteiger partial charge on any atom is -0.354 e. The van der Waals surface area contributed by atoms with Crippen LogP contribution in [0.4, 0.5) is 5.82 Å². The highest BCUT2D eigenvalue weighted by Gasteiger charge is 2.21. The van der Waals surface area contributed by atoms with Gasteiger partial charge in [-0.1, -0.05) is 6.07 Å². The van der Waals surface area contributed by atoms with Crippen LogP contribution in [0.15, 0.2) is 12.1 Å². The molecule has 0 bridgehead atoms. The SMILES string of the molecule is Cc1ccc(N2CCN(Cc3c(C)nn(C)c3C)CC2)nc1C#N. The molecule has 126 valence electrons. The molecule has 0 amide bonds. The number of aromatic nitrogens is 3. The molecule has 24 heavy (non-hydrogen) atoms. The van der Waals surface area contributed by atoms with Gasteiger partial charge in [0.15, 0.2) is 0 Å². The molecule has 0 N–H and O–H groups in total. The zero-order valence-electron chi connectivity index (χ0n) is 14.9. The zero-order valence-corrected chi connectivity index (χ0v) is 14.9. The quantitative estimate of drug-likeness (QED) is 0.863. The Morgan fingerprint density at radius 3 is 2.42 bits per heavy atom. The van der Waals surface area contributed by atoms with Crippen LogP contribution in [0.25, 0.3) is 0 Å². The number of hydrogen-bond donors (Lipinski definition) is 0. The lowest BCUT2D eigenvalue weighted by atomic mass is 10.1. The Morgan fingerprint density at radius 1 is 1.12 bits per heavy atom. The lowest BCUT2D eigenvalue weighted by Gasteiger charge is -2.35. The number of nitriles is 1. The van der Waals surface area contributed by atoms with E-state index in [-0.39, 0.29) is 0 Å². The first kappa shape index (κ1) is 16.5. The van der Waals surface area contributed by atoms with Gasteiger partial charge in [-0.25, -0.2) is 4.98 Å². The maximum absolute atomic E-state index is 9.15. The maximum atomic E-state index is 9.15. The molecule has 1 fully saturated rings. The van der Waals surface area contributed by atoms with Gasteiger partial charge in [0.05, 0.1) is 5.69 Å². The summed E-state index contributed by atoms with van der Waals surface area (Å²) in [4.78, 5) is 9.22. The molecule has 0 aliphatic carbocycles. The summed E-state index contributed by atoms with van der Waals surface area (Å²) in [5.74, 6) is 0.908. The summed E-state index contributed by atoms with van der Waals surface area (Å²) in [5, 5.41) is 13.7. The molecule has 0 saturated carbocycles. The number of piperazine rings is 1. The van der Waals surface area contributed by atoms with Gasteiger partial charge < -0.3 is 4.90 Å². The van der Waals surface area contributed by atoms with Crippen LogP contribution in [-0.2, 0) is 13.6 Å². The van der Waals surface area contributed by atoms with Gasteiger partial charge in [0.25, 0.3) is 0 Å². The van der Waals surface area contributed by atoms with Crippen molar-refractivity contribution < 1.29 is 0 Å². The highest BCUT2D eigenvalue weighted by atomic mass is 15.3. The molecular formula is C18H24N6. The van der Waals surface area contributed by atoms with E-state index in [1.165, 1.54) is 11.3 Å². The van der Waals surface area contributed by atoms with E-state index in [0.717, 1.165) is 49.8 Å². The van der Waals surface area contributed by atoms with Crippen molar-refractivity contribution in [1.82, 2.24) is 19.7 Å². The number of anilines is 1. The smallest absolute Gasteiger partial charge is 0.145 e. The van der Waals surface area contributed by atoms with Crippen molar-refractivity contribution in [2.45, 2.75) is 27.3 Å². The Balaban J connectivity index is 1.65. The van der Waals surface area contributed by atoms with Gasteiger partial charge in [-0.15, -0.1) is 0 Å². The molecule has 1 aliphatic heterocycles. The van der Waals surface area contributed by atoms with Crippen LogP contribution >= 0.6 is 0 Å². The summed E-state index contributed by atoms with van der Waals surface area (Å²) in [6.45, 7) is 10.9. The fraction of sp³-hybridized carbons (Fsp3) is 0.500. The molecule has 0 aromatic carbocycles. The van der Waals surface area contributed by atoms with E-state index in [4.69, 9.17) is 5.26 Å². The standard InChI is InChI=1S/C18H24N6/c1-13-5-6-18(20-17(13)11-19)24-9-7-23(8-10-24)12-16-14(2)21-22(4)15(16)3/h5-6H,7-10,12H2,1-4H3. The molecule has 1 saturated heterocycles. The Morgan fingerprint density at radius 2 is 1.83 bits per heavy atom. The van der Waals surface area contributed by atoms with Gasteiger partial charge in [-0.2, -0.15) is 10.4 Å². The third-order valence-corrected chi connectivity index (χ3v) is 4.93. The van der Waals surface area contributed by atoms with Crippen molar-refractivity contribution in [2.75, 3.05) is 31.1 Å². The zero-order chi connectivity index (χ0) is 17.3. The first-order valence-corrected chi connectivity index (χ1v) is 8.33. The van der Waals surface area contributed by atoms with E-state index in [9.17, 15) is 0 Å². The average Bonchev–Trinajstić information content (AvgIpc) is 2.82. The van der Waals surface area contributed by atoms with Gasteiger partial charge in [0, 0.05) is 51.0 Å². The van der Waals surface area contributed by atoms with Gasteiger partial charge in [0.1, 0.15) is 17.6 Å². The lowest BCUT2D eigenvalue weighted by molar-refractivity contribution is 0.248. The van der Waals surface area contributed by atoms with Crippen LogP contribution in [0.1, 0.15) is 28.2 Å². The van der Waals surface area contributed by atoms with Gasteiger partial charge in [-0.05, 0) is 32.4 Å². The number of rotatable bonds is 3. The predicted octanol–water partition coefficient (Wildman–Crippen LogP) is 1.93. The lowest BCUT2D eigenvalue weighted by Crippen LogP contribution is -2.46.